The Morgan fingerprint density at radius 2 is 1.91 bits per heavy atom. The molecule has 0 saturated carbocycles. The van der Waals surface area contributed by atoms with Crippen LogP contribution in [0.4, 0.5) is 4.39 Å². The number of pyridine rings is 1. The Kier molecular flexibility index (Phi) is 9.16. The summed E-state index contributed by atoms with van der Waals surface area (Å²) in [5, 5.41) is 2.61. The van der Waals surface area contributed by atoms with Gasteiger partial charge in [-0.1, -0.05) is 62.2 Å². The number of unbranched alkanes of at least 4 members (excludes halogenated alkanes) is 5. The second kappa shape index (κ2) is 10.6. The number of halogens is 3. The minimum absolute atomic E-state index is 0.0649. The van der Waals surface area contributed by atoms with Crippen molar-refractivity contribution in [3.05, 3.63) is 22.1 Å². The fourth-order valence-electron chi connectivity index (χ4n) is 1.85. The summed E-state index contributed by atoms with van der Waals surface area (Å²) in [6, 6.07) is 1.19. The van der Waals surface area contributed by atoms with Gasteiger partial charge in [0.2, 0.25) is 11.8 Å². The van der Waals surface area contributed by atoms with Gasteiger partial charge in [-0.2, -0.15) is 9.37 Å². The van der Waals surface area contributed by atoms with Gasteiger partial charge in [-0.15, -0.1) is 0 Å². The summed E-state index contributed by atoms with van der Waals surface area (Å²) in [4.78, 5) is 15.0. The zero-order valence-electron chi connectivity index (χ0n) is 12.6. The van der Waals surface area contributed by atoms with E-state index in [1.807, 2.05) is 0 Å². The van der Waals surface area contributed by atoms with Gasteiger partial charge in [-0.3, -0.25) is 4.79 Å². The molecule has 1 heterocycles. The van der Waals surface area contributed by atoms with E-state index in [2.05, 4.69) is 17.2 Å². The summed E-state index contributed by atoms with van der Waals surface area (Å²) >= 11 is 11.3. The standard InChI is InChI=1S/C15H21Cl2FN2O2/c1-2-3-4-5-6-7-8-19-13(21)10-22-15-12(17)9-11(16)14(18)20-15/h9H,2-8,10H2,1H3,(H,19,21). The molecule has 124 valence electrons. The van der Waals surface area contributed by atoms with E-state index in [0.717, 1.165) is 12.8 Å². The van der Waals surface area contributed by atoms with Crippen LogP contribution in [0.1, 0.15) is 45.4 Å². The van der Waals surface area contributed by atoms with Crippen LogP contribution in [0.15, 0.2) is 6.07 Å². The molecule has 1 amide bonds. The number of nitrogens with one attached hydrogen (secondary N) is 1. The molecule has 1 aromatic heterocycles. The average molecular weight is 351 g/mol. The second-order valence-electron chi connectivity index (χ2n) is 4.95. The molecule has 0 unspecified atom stereocenters. The van der Waals surface area contributed by atoms with Crippen LogP contribution in [0.3, 0.4) is 0 Å². The lowest BCUT2D eigenvalue weighted by Crippen LogP contribution is -2.29. The van der Waals surface area contributed by atoms with E-state index in [4.69, 9.17) is 27.9 Å². The van der Waals surface area contributed by atoms with Crippen LogP contribution in [-0.2, 0) is 4.79 Å². The van der Waals surface area contributed by atoms with Gasteiger partial charge in [0, 0.05) is 6.54 Å². The SMILES string of the molecule is CCCCCCCCNC(=O)COc1nc(F)c(Cl)cc1Cl. The van der Waals surface area contributed by atoms with Crippen molar-refractivity contribution < 1.29 is 13.9 Å². The smallest absolute Gasteiger partial charge is 0.258 e. The van der Waals surface area contributed by atoms with E-state index in [-0.39, 0.29) is 28.4 Å². The van der Waals surface area contributed by atoms with E-state index in [1.165, 1.54) is 31.7 Å². The first kappa shape index (κ1) is 19.0. The summed E-state index contributed by atoms with van der Waals surface area (Å²) in [5.74, 6) is -1.31. The number of aromatic nitrogens is 1. The highest BCUT2D eigenvalue weighted by Gasteiger charge is 2.11. The minimum atomic E-state index is -0.881. The van der Waals surface area contributed by atoms with Gasteiger partial charge in [0.1, 0.15) is 5.02 Å². The summed E-state index contributed by atoms with van der Waals surface area (Å²) in [6.45, 7) is 2.52. The van der Waals surface area contributed by atoms with Crippen LogP contribution in [0.2, 0.25) is 10.0 Å². The quantitative estimate of drug-likeness (QED) is 0.503. The third-order valence-corrected chi connectivity index (χ3v) is 3.58. The molecule has 0 atom stereocenters. The molecule has 1 aromatic rings. The predicted octanol–water partition coefficient (Wildman–Crippen LogP) is 4.38. The highest BCUT2D eigenvalue weighted by molar-refractivity contribution is 6.35. The summed E-state index contributed by atoms with van der Waals surface area (Å²) in [6.07, 6.45) is 6.92. The molecule has 22 heavy (non-hydrogen) atoms. The van der Waals surface area contributed by atoms with Crippen molar-refractivity contribution in [3.63, 3.8) is 0 Å². The van der Waals surface area contributed by atoms with E-state index < -0.39 is 5.95 Å². The van der Waals surface area contributed by atoms with Gasteiger partial charge >= 0.3 is 0 Å². The molecule has 0 aliphatic carbocycles. The molecule has 0 saturated heterocycles. The molecule has 4 nitrogen and oxygen atoms in total. The maximum Gasteiger partial charge on any atom is 0.258 e. The summed E-state index contributed by atoms with van der Waals surface area (Å²) < 4.78 is 18.3. The zero-order chi connectivity index (χ0) is 16.4. The molecule has 0 bridgehead atoms. The van der Waals surface area contributed by atoms with Crippen LogP contribution in [0, 0.1) is 5.95 Å². The van der Waals surface area contributed by atoms with Gasteiger partial charge in [-0.05, 0) is 12.5 Å². The van der Waals surface area contributed by atoms with Crippen molar-refractivity contribution in [2.24, 2.45) is 0 Å². The van der Waals surface area contributed by atoms with Crippen molar-refractivity contribution in [1.82, 2.24) is 10.3 Å². The Labute approximate surface area is 140 Å². The topological polar surface area (TPSA) is 51.2 Å². The van der Waals surface area contributed by atoms with Gasteiger partial charge in [0.05, 0.1) is 5.02 Å². The van der Waals surface area contributed by atoms with Crippen LogP contribution in [-0.4, -0.2) is 24.0 Å². The molecule has 1 rings (SSSR count). The number of rotatable bonds is 10. The first-order chi connectivity index (χ1) is 10.5. The fraction of sp³-hybridized carbons (Fsp3) is 0.600. The third kappa shape index (κ3) is 7.27. The highest BCUT2D eigenvalue weighted by Crippen LogP contribution is 2.26. The highest BCUT2D eigenvalue weighted by atomic mass is 35.5. The van der Waals surface area contributed by atoms with Crippen molar-refractivity contribution in [2.75, 3.05) is 13.2 Å². The normalized spacial score (nSPS) is 10.5. The molecule has 0 radical (unpaired) electrons. The first-order valence-electron chi connectivity index (χ1n) is 7.45. The van der Waals surface area contributed by atoms with Gasteiger partial charge in [-0.25, -0.2) is 0 Å². The molecule has 0 fully saturated rings. The van der Waals surface area contributed by atoms with E-state index in [0.29, 0.717) is 6.54 Å². The van der Waals surface area contributed by atoms with Crippen molar-refractivity contribution in [2.45, 2.75) is 45.4 Å². The fourth-order valence-corrected chi connectivity index (χ4v) is 2.26. The zero-order valence-corrected chi connectivity index (χ0v) is 14.1. The van der Waals surface area contributed by atoms with Crippen molar-refractivity contribution in [3.8, 4) is 5.88 Å². The van der Waals surface area contributed by atoms with Gasteiger partial charge in [0.25, 0.3) is 5.91 Å². The van der Waals surface area contributed by atoms with Crippen molar-refractivity contribution >= 4 is 29.1 Å². The van der Waals surface area contributed by atoms with E-state index in [9.17, 15) is 9.18 Å². The van der Waals surface area contributed by atoms with E-state index >= 15 is 0 Å². The number of carbonyl (C=O) groups excluding carboxylic acids is 1. The number of carbonyl (C=O) groups is 1. The number of nitrogens with zero attached hydrogens (tertiary/aromatic N) is 1. The number of hydrogen-bond donors (Lipinski definition) is 1. The Morgan fingerprint density at radius 3 is 2.64 bits per heavy atom. The number of hydrogen-bond acceptors (Lipinski definition) is 3. The Hall–Kier alpha value is -1.07. The van der Waals surface area contributed by atoms with Crippen LogP contribution in [0.5, 0.6) is 5.88 Å². The maximum atomic E-state index is 13.2. The largest absolute Gasteiger partial charge is 0.466 e. The lowest BCUT2D eigenvalue weighted by Gasteiger charge is -2.08. The Balaban J connectivity index is 2.19. The number of ether oxygens (including phenoxy) is 1. The molecule has 1 N–H and O–H groups in total. The van der Waals surface area contributed by atoms with Crippen LogP contribution >= 0.6 is 23.2 Å². The van der Waals surface area contributed by atoms with Crippen molar-refractivity contribution in [1.29, 1.82) is 0 Å². The van der Waals surface area contributed by atoms with Crippen LogP contribution < -0.4 is 10.1 Å². The minimum Gasteiger partial charge on any atom is -0.466 e. The molecular weight excluding hydrogens is 330 g/mol. The lowest BCUT2D eigenvalue weighted by atomic mass is 10.1. The number of amides is 1. The van der Waals surface area contributed by atoms with E-state index in [1.54, 1.807) is 0 Å². The molecule has 0 aromatic carbocycles. The lowest BCUT2D eigenvalue weighted by molar-refractivity contribution is -0.123. The third-order valence-electron chi connectivity index (χ3n) is 3.05. The summed E-state index contributed by atoms with van der Waals surface area (Å²) in [5.41, 5.74) is 0. The predicted molar refractivity (Wildman–Crippen MR) is 86.1 cm³/mol. The summed E-state index contributed by atoms with van der Waals surface area (Å²) in [7, 11) is 0. The average Bonchev–Trinajstić information content (AvgIpc) is 2.48. The molecule has 7 heteroatoms. The Morgan fingerprint density at radius 1 is 1.23 bits per heavy atom. The molecular formula is C15H21Cl2FN2O2. The first-order valence-corrected chi connectivity index (χ1v) is 8.21. The maximum absolute atomic E-state index is 13.2. The molecule has 0 spiro atoms. The monoisotopic (exact) mass is 350 g/mol. The molecule has 0 aliphatic rings. The van der Waals surface area contributed by atoms with Gasteiger partial charge in [0.15, 0.2) is 6.61 Å². The Bertz CT molecular complexity index is 487. The van der Waals surface area contributed by atoms with Gasteiger partial charge < -0.3 is 10.1 Å². The molecule has 0 aliphatic heterocycles. The second-order valence-corrected chi connectivity index (χ2v) is 5.77. The van der Waals surface area contributed by atoms with Crippen LogP contribution in [0.25, 0.3) is 0 Å².